The number of aromatic nitrogens is 3. The number of aromatic amines is 2. The molecule has 1 aliphatic heterocycles. The average molecular weight is 441 g/mol. The fourth-order valence-electron chi connectivity index (χ4n) is 4.49. The molecule has 6 rings (SSSR count). The quantitative estimate of drug-likeness (QED) is 0.367. The Morgan fingerprint density at radius 3 is 2.34 bits per heavy atom. The Balaban J connectivity index is 1.67. The number of anilines is 1. The van der Waals surface area contributed by atoms with E-state index in [1.165, 1.54) is 4.68 Å². The number of rotatable bonds is 3. The largest absolute Gasteiger partial charge is 0.339 e. The van der Waals surface area contributed by atoms with E-state index in [0.717, 1.165) is 16.8 Å². The van der Waals surface area contributed by atoms with E-state index in [0.29, 0.717) is 33.0 Å². The van der Waals surface area contributed by atoms with E-state index in [1.807, 2.05) is 60.7 Å². The Labute approximate surface area is 187 Å². The van der Waals surface area contributed by atoms with Crippen molar-refractivity contribution < 1.29 is 4.79 Å². The Hall–Kier alpha value is -4.03. The molecule has 3 N–H and O–H groups in total. The highest BCUT2D eigenvalue weighted by atomic mass is 35.5. The van der Waals surface area contributed by atoms with Crippen LogP contribution in [-0.4, -0.2) is 20.7 Å². The van der Waals surface area contributed by atoms with Gasteiger partial charge in [0.15, 0.2) is 0 Å². The van der Waals surface area contributed by atoms with E-state index in [9.17, 15) is 9.59 Å². The highest BCUT2D eigenvalue weighted by Crippen LogP contribution is 2.44. The van der Waals surface area contributed by atoms with Gasteiger partial charge in [0.1, 0.15) is 5.65 Å². The van der Waals surface area contributed by atoms with E-state index in [-0.39, 0.29) is 11.5 Å². The third-order valence-electron chi connectivity index (χ3n) is 5.89. The van der Waals surface area contributed by atoms with Crippen LogP contribution in [-0.2, 0) is 4.79 Å². The van der Waals surface area contributed by atoms with Crippen LogP contribution in [0.4, 0.5) is 5.69 Å². The van der Waals surface area contributed by atoms with Crippen LogP contribution >= 0.6 is 11.6 Å². The summed E-state index contributed by atoms with van der Waals surface area (Å²) < 4.78 is 1.49. The molecule has 1 amide bonds. The van der Waals surface area contributed by atoms with Crippen molar-refractivity contribution in [3.63, 3.8) is 0 Å². The second-order valence-electron chi connectivity index (χ2n) is 7.77. The van der Waals surface area contributed by atoms with Gasteiger partial charge in [-0.1, -0.05) is 60.1 Å². The predicted octanol–water partition coefficient (Wildman–Crippen LogP) is 5.05. The number of amides is 1. The summed E-state index contributed by atoms with van der Waals surface area (Å²) in [6, 6.07) is 24.4. The van der Waals surface area contributed by atoms with Crippen molar-refractivity contribution in [1.29, 1.82) is 0 Å². The molecule has 0 bridgehead atoms. The predicted molar refractivity (Wildman–Crippen MR) is 126 cm³/mol. The van der Waals surface area contributed by atoms with E-state index >= 15 is 0 Å². The molecular formula is C25H17ClN4O2. The summed E-state index contributed by atoms with van der Waals surface area (Å²) in [7, 11) is 0. The average Bonchev–Trinajstić information content (AvgIpc) is 3.44. The topological polar surface area (TPSA) is 82.7 Å². The number of H-pyrrole nitrogens is 2. The molecule has 2 aromatic heterocycles. The lowest BCUT2D eigenvalue weighted by molar-refractivity contribution is -0.116. The van der Waals surface area contributed by atoms with Gasteiger partial charge in [-0.2, -0.15) is 0 Å². The molecule has 0 aliphatic carbocycles. The Kier molecular flexibility index (Phi) is 4.10. The maximum atomic E-state index is 13.6. The molecule has 1 aliphatic rings. The summed E-state index contributed by atoms with van der Waals surface area (Å²) in [6.45, 7) is 0. The maximum Gasteiger partial charge on any atom is 0.281 e. The minimum Gasteiger partial charge on any atom is -0.339 e. The van der Waals surface area contributed by atoms with Crippen LogP contribution in [0.3, 0.4) is 0 Å². The second kappa shape index (κ2) is 7.00. The monoisotopic (exact) mass is 440 g/mol. The van der Waals surface area contributed by atoms with Crippen LogP contribution < -0.4 is 10.9 Å². The van der Waals surface area contributed by atoms with Crippen LogP contribution in [0.15, 0.2) is 83.7 Å². The number of halogens is 1. The normalized spacial score (nSPS) is 15.2. The zero-order chi connectivity index (χ0) is 21.8. The fourth-order valence-corrected chi connectivity index (χ4v) is 4.67. The SMILES string of the molecule is O=C1Nc2ccc(Cl)cc2C1c1c(-c2ccccc2)[nH]c2[nH]n(-c3ccccc3)c(=O)c12. The lowest BCUT2D eigenvalue weighted by atomic mass is 9.89. The number of hydrogen-bond donors (Lipinski definition) is 3. The molecule has 0 saturated carbocycles. The molecule has 0 radical (unpaired) electrons. The lowest BCUT2D eigenvalue weighted by Crippen LogP contribution is -2.18. The number of hydrogen-bond acceptors (Lipinski definition) is 2. The van der Waals surface area contributed by atoms with Crippen molar-refractivity contribution in [3.8, 4) is 16.9 Å². The van der Waals surface area contributed by atoms with Crippen molar-refractivity contribution in [2.45, 2.75) is 5.92 Å². The molecule has 5 aromatic rings. The zero-order valence-corrected chi connectivity index (χ0v) is 17.5. The molecule has 3 heterocycles. The number of fused-ring (bicyclic) bond motifs is 2. The fraction of sp³-hybridized carbons (Fsp3) is 0.0400. The van der Waals surface area contributed by atoms with Crippen molar-refractivity contribution in [3.05, 3.63) is 105 Å². The molecule has 6 nitrogen and oxygen atoms in total. The summed E-state index contributed by atoms with van der Waals surface area (Å²) >= 11 is 6.27. The molecule has 0 fully saturated rings. The van der Waals surface area contributed by atoms with Gasteiger partial charge in [-0.3, -0.25) is 14.7 Å². The molecule has 0 spiro atoms. The number of nitrogens with one attached hydrogen (secondary N) is 3. The van der Waals surface area contributed by atoms with E-state index in [2.05, 4.69) is 15.4 Å². The van der Waals surface area contributed by atoms with Crippen molar-refractivity contribution in [2.24, 2.45) is 0 Å². The summed E-state index contributed by atoms with van der Waals surface area (Å²) in [4.78, 5) is 30.1. The molecular weight excluding hydrogens is 424 g/mol. The summed E-state index contributed by atoms with van der Waals surface area (Å²) in [5.41, 5.74) is 4.79. The maximum absolute atomic E-state index is 13.6. The van der Waals surface area contributed by atoms with Gasteiger partial charge >= 0.3 is 0 Å². The van der Waals surface area contributed by atoms with Gasteiger partial charge < -0.3 is 10.3 Å². The van der Waals surface area contributed by atoms with E-state index < -0.39 is 5.92 Å². The van der Waals surface area contributed by atoms with Gasteiger partial charge in [-0.25, -0.2) is 4.68 Å². The van der Waals surface area contributed by atoms with E-state index in [4.69, 9.17) is 11.6 Å². The minimum absolute atomic E-state index is 0.188. The molecule has 156 valence electrons. The Bertz CT molecular complexity index is 1550. The Morgan fingerprint density at radius 2 is 1.59 bits per heavy atom. The van der Waals surface area contributed by atoms with Gasteiger partial charge in [-0.05, 0) is 41.5 Å². The summed E-state index contributed by atoms with van der Waals surface area (Å²) in [5, 5.41) is 7.10. The molecule has 1 atom stereocenters. The third-order valence-corrected chi connectivity index (χ3v) is 6.12. The first-order chi connectivity index (χ1) is 15.6. The van der Waals surface area contributed by atoms with E-state index in [1.54, 1.807) is 18.2 Å². The molecule has 1 unspecified atom stereocenters. The van der Waals surface area contributed by atoms with Crippen LogP contribution in [0.2, 0.25) is 5.02 Å². The van der Waals surface area contributed by atoms with Gasteiger partial charge in [0.25, 0.3) is 5.56 Å². The zero-order valence-electron chi connectivity index (χ0n) is 16.7. The summed E-state index contributed by atoms with van der Waals surface area (Å²) in [6.07, 6.45) is 0. The van der Waals surface area contributed by atoms with Crippen molar-refractivity contribution >= 4 is 34.2 Å². The van der Waals surface area contributed by atoms with Gasteiger partial charge in [0, 0.05) is 16.3 Å². The first-order valence-corrected chi connectivity index (χ1v) is 10.6. The number of para-hydroxylation sites is 1. The lowest BCUT2D eigenvalue weighted by Gasteiger charge is -2.12. The first-order valence-electron chi connectivity index (χ1n) is 10.2. The second-order valence-corrected chi connectivity index (χ2v) is 8.21. The van der Waals surface area contributed by atoms with Crippen molar-refractivity contribution in [1.82, 2.24) is 14.8 Å². The van der Waals surface area contributed by atoms with Crippen molar-refractivity contribution in [2.75, 3.05) is 5.32 Å². The minimum atomic E-state index is -0.666. The highest BCUT2D eigenvalue weighted by Gasteiger charge is 2.37. The van der Waals surface area contributed by atoms with Crippen LogP contribution in [0, 0.1) is 0 Å². The van der Waals surface area contributed by atoms with Crippen LogP contribution in [0.25, 0.3) is 28.0 Å². The highest BCUT2D eigenvalue weighted by molar-refractivity contribution is 6.31. The number of carbonyl (C=O) groups excluding carboxylic acids is 1. The van der Waals surface area contributed by atoms with Gasteiger partial charge in [0.2, 0.25) is 5.91 Å². The molecule has 7 heteroatoms. The molecule has 3 aromatic carbocycles. The molecule has 32 heavy (non-hydrogen) atoms. The van der Waals surface area contributed by atoms with Crippen LogP contribution in [0.1, 0.15) is 17.0 Å². The number of nitrogens with zero attached hydrogens (tertiary/aromatic N) is 1. The standard InChI is InChI=1S/C25H17ClN4O2/c26-15-11-12-18-17(13-15)19(24(31)27-18)20-21-23(28-22(20)14-7-3-1-4-8-14)29-30(25(21)32)16-9-5-2-6-10-16/h1-13,19,28-29H,(H,27,31). The van der Waals surface area contributed by atoms with Crippen LogP contribution in [0.5, 0.6) is 0 Å². The molecule has 0 saturated heterocycles. The summed E-state index contributed by atoms with van der Waals surface area (Å²) in [5.74, 6) is -0.854. The smallest absolute Gasteiger partial charge is 0.281 e. The number of benzene rings is 3. The van der Waals surface area contributed by atoms with Gasteiger partial charge in [0.05, 0.1) is 22.7 Å². The Morgan fingerprint density at radius 1 is 0.875 bits per heavy atom. The number of carbonyl (C=O) groups is 1. The first kappa shape index (κ1) is 18.7. The van der Waals surface area contributed by atoms with Gasteiger partial charge in [-0.15, -0.1) is 0 Å². The third kappa shape index (κ3) is 2.73.